The average Bonchev–Trinajstić information content (AvgIpc) is 2.26. The van der Waals surface area contributed by atoms with Crippen molar-refractivity contribution in [2.24, 2.45) is 0 Å². The Bertz CT molecular complexity index is 147. The van der Waals surface area contributed by atoms with Crippen molar-refractivity contribution < 1.29 is 4.74 Å². The van der Waals surface area contributed by atoms with Gasteiger partial charge >= 0.3 is 0 Å². The van der Waals surface area contributed by atoms with E-state index in [0.717, 1.165) is 26.1 Å². The first-order valence-corrected chi connectivity index (χ1v) is 5.93. The molecule has 0 aliphatic carbocycles. The molecule has 0 unspecified atom stereocenters. The van der Waals surface area contributed by atoms with Crippen LogP contribution in [0.3, 0.4) is 0 Å². The summed E-state index contributed by atoms with van der Waals surface area (Å²) in [5.74, 6) is 0. The van der Waals surface area contributed by atoms with Crippen molar-refractivity contribution in [3.05, 3.63) is 0 Å². The maximum Gasteiger partial charge on any atom is 0.0474 e. The smallest absolute Gasteiger partial charge is 0.0474 e. The molecule has 0 spiro atoms. The molecule has 90 valence electrons. The van der Waals surface area contributed by atoms with Gasteiger partial charge in [0.05, 0.1) is 0 Å². The van der Waals surface area contributed by atoms with Gasteiger partial charge in [-0.1, -0.05) is 0 Å². The summed E-state index contributed by atoms with van der Waals surface area (Å²) in [5.41, 5.74) is 0. The molecule has 1 rings (SSSR count). The van der Waals surface area contributed by atoms with Gasteiger partial charge in [0.2, 0.25) is 0 Å². The van der Waals surface area contributed by atoms with E-state index < -0.39 is 0 Å². The Morgan fingerprint density at radius 2 is 1.87 bits per heavy atom. The van der Waals surface area contributed by atoms with Gasteiger partial charge in [-0.05, 0) is 20.0 Å². The molecule has 1 fully saturated rings. The molecule has 15 heavy (non-hydrogen) atoms. The molecule has 1 aliphatic heterocycles. The van der Waals surface area contributed by atoms with E-state index in [0.29, 0.717) is 0 Å². The first kappa shape index (κ1) is 12.9. The van der Waals surface area contributed by atoms with E-state index in [9.17, 15) is 0 Å². The standard InChI is InChI=1S/C11H25N3O/c1-13-7-9-14(10-8-13)6-5-12-4-3-11-15-2/h12H,3-11H2,1-2H3. The van der Waals surface area contributed by atoms with Crippen molar-refractivity contribution in [1.29, 1.82) is 0 Å². The summed E-state index contributed by atoms with van der Waals surface area (Å²) in [6, 6.07) is 0. The predicted molar refractivity (Wildman–Crippen MR) is 63.3 cm³/mol. The molecule has 0 saturated carbocycles. The second kappa shape index (κ2) is 8.05. The highest BCUT2D eigenvalue weighted by Gasteiger charge is 2.12. The highest BCUT2D eigenvalue weighted by molar-refractivity contribution is 4.69. The number of likely N-dealkylation sites (N-methyl/N-ethyl adjacent to an activating group) is 1. The Balaban J connectivity index is 1.87. The largest absolute Gasteiger partial charge is 0.385 e. The number of hydrogen-bond acceptors (Lipinski definition) is 4. The van der Waals surface area contributed by atoms with Gasteiger partial charge < -0.3 is 15.0 Å². The monoisotopic (exact) mass is 215 g/mol. The first-order valence-electron chi connectivity index (χ1n) is 5.93. The van der Waals surface area contributed by atoms with E-state index in [1.54, 1.807) is 7.11 Å². The summed E-state index contributed by atoms with van der Waals surface area (Å²) in [4.78, 5) is 4.92. The molecule has 0 radical (unpaired) electrons. The highest BCUT2D eigenvalue weighted by atomic mass is 16.5. The number of nitrogens with one attached hydrogen (secondary N) is 1. The van der Waals surface area contributed by atoms with Crippen molar-refractivity contribution in [2.45, 2.75) is 6.42 Å². The van der Waals surface area contributed by atoms with Gasteiger partial charge in [0.25, 0.3) is 0 Å². The third kappa shape index (κ3) is 6.10. The Morgan fingerprint density at radius 3 is 2.53 bits per heavy atom. The minimum atomic E-state index is 0.863. The van der Waals surface area contributed by atoms with Gasteiger partial charge in [-0.3, -0.25) is 4.90 Å². The molecule has 0 atom stereocenters. The summed E-state index contributed by atoms with van der Waals surface area (Å²) in [7, 11) is 3.95. The van der Waals surface area contributed by atoms with Crippen LogP contribution in [-0.4, -0.2) is 76.4 Å². The Morgan fingerprint density at radius 1 is 1.13 bits per heavy atom. The zero-order chi connectivity index (χ0) is 10.9. The van der Waals surface area contributed by atoms with E-state index >= 15 is 0 Å². The topological polar surface area (TPSA) is 27.7 Å². The molecule has 1 heterocycles. The molecule has 0 amide bonds. The number of hydrogen-bond donors (Lipinski definition) is 1. The van der Waals surface area contributed by atoms with E-state index in [4.69, 9.17) is 4.74 Å². The minimum Gasteiger partial charge on any atom is -0.385 e. The second-order valence-electron chi connectivity index (χ2n) is 4.24. The molecular weight excluding hydrogens is 190 g/mol. The normalized spacial score (nSPS) is 19.6. The molecule has 0 aromatic heterocycles. The van der Waals surface area contributed by atoms with Crippen LogP contribution in [0.4, 0.5) is 0 Å². The van der Waals surface area contributed by atoms with E-state index in [1.165, 1.54) is 32.7 Å². The van der Waals surface area contributed by atoms with Crippen LogP contribution in [-0.2, 0) is 4.74 Å². The third-order valence-corrected chi connectivity index (χ3v) is 2.90. The van der Waals surface area contributed by atoms with Crippen molar-refractivity contribution >= 4 is 0 Å². The maximum absolute atomic E-state index is 4.99. The summed E-state index contributed by atoms with van der Waals surface area (Å²) < 4.78 is 4.99. The highest BCUT2D eigenvalue weighted by Crippen LogP contribution is 1.97. The lowest BCUT2D eigenvalue weighted by atomic mass is 10.3. The third-order valence-electron chi connectivity index (χ3n) is 2.90. The SMILES string of the molecule is COCCCNCCN1CCN(C)CC1. The molecule has 4 nitrogen and oxygen atoms in total. The lowest BCUT2D eigenvalue weighted by molar-refractivity contribution is 0.154. The van der Waals surface area contributed by atoms with Gasteiger partial charge in [-0.15, -0.1) is 0 Å². The Labute approximate surface area is 93.6 Å². The van der Waals surface area contributed by atoms with Crippen LogP contribution in [0.2, 0.25) is 0 Å². The zero-order valence-corrected chi connectivity index (χ0v) is 10.2. The molecule has 4 heteroatoms. The number of methoxy groups -OCH3 is 1. The van der Waals surface area contributed by atoms with Crippen molar-refractivity contribution in [1.82, 2.24) is 15.1 Å². The fourth-order valence-corrected chi connectivity index (χ4v) is 1.78. The quantitative estimate of drug-likeness (QED) is 0.598. The Kier molecular flexibility index (Phi) is 6.92. The first-order chi connectivity index (χ1) is 7.33. The van der Waals surface area contributed by atoms with Crippen LogP contribution >= 0.6 is 0 Å². The van der Waals surface area contributed by atoms with Gasteiger partial charge in [0.1, 0.15) is 0 Å². The molecule has 0 bridgehead atoms. The van der Waals surface area contributed by atoms with Crippen LogP contribution < -0.4 is 5.32 Å². The number of ether oxygens (including phenoxy) is 1. The van der Waals surface area contributed by atoms with E-state index in [1.807, 2.05) is 0 Å². The number of rotatable bonds is 7. The number of piperazine rings is 1. The lowest BCUT2D eigenvalue weighted by Crippen LogP contribution is -2.46. The predicted octanol–water partition coefficient (Wildman–Crippen LogP) is -0.140. The molecule has 1 aliphatic rings. The van der Waals surface area contributed by atoms with Crippen molar-refractivity contribution in [3.63, 3.8) is 0 Å². The second-order valence-corrected chi connectivity index (χ2v) is 4.24. The Hall–Kier alpha value is -0.160. The average molecular weight is 215 g/mol. The van der Waals surface area contributed by atoms with E-state index in [2.05, 4.69) is 22.2 Å². The van der Waals surface area contributed by atoms with Gasteiger partial charge in [-0.2, -0.15) is 0 Å². The van der Waals surface area contributed by atoms with Gasteiger partial charge in [-0.25, -0.2) is 0 Å². The molecule has 1 saturated heterocycles. The number of nitrogens with zero attached hydrogens (tertiary/aromatic N) is 2. The lowest BCUT2D eigenvalue weighted by Gasteiger charge is -2.32. The van der Waals surface area contributed by atoms with Crippen molar-refractivity contribution in [3.8, 4) is 0 Å². The summed E-state index contributed by atoms with van der Waals surface area (Å²) in [6.45, 7) is 9.08. The van der Waals surface area contributed by atoms with Crippen LogP contribution in [0.25, 0.3) is 0 Å². The van der Waals surface area contributed by atoms with Crippen LogP contribution in [0.1, 0.15) is 6.42 Å². The fraction of sp³-hybridized carbons (Fsp3) is 1.00. The summed E-state index contributed by atoms with van der Waals surface area (Å²) in [5, 5.41) is 3.44. The minimum absolute atomic E-state index is 0.863. The van der Waals surface area contributed by atoms with Crippen molar-refractivity contribution in [2.75, 3.05) is 66.6 Å². The molecule has 0 aromatic carbocycles. The molecule has 1 N–H and O–H groups in total. The van der Waals surface area contributed by atoms with Gasteiger partial charge in [0, 0.05) is 53.0 Å². The molecular formula is C11H25N3O. The van der Waals surface area contributed by atoms with E-state index in [-0.39, 0.29) is 0 Å². The summed E-state index contributed by atoms with van der Waals surface area (Å²) >= 11 is 0. The summed E-state index contributed by atoms with van der Waals surface area (Å²) in [6.07, 6.45) is 1.11. The zero-order valence-electron chi connectivity index (χ0n) is 10.2. The van der Waals surface area contributed by atoms with Crippen LogP contribution in [0, 0.1) is 0 Å². The fourth-order valence-electron chi connectivity index (χ4n) is 1.78. The van der Waals surface area contributed by atoms with Crippen LogP contribution in [0.15, 0.2) is 0 Å². The maximum atomic E-state index is 4.99. The van der Waals surface area contributed by atoms with Crippen LogP contribution in [0.5, 0.6) is 0 Å². The molecule has 0 aromatic rings. The van der Waals surface area contributed by atoms with Gasteiger partial charge in [0.15, 0.2) is 0 Å².